The summed E-state index contributed by atoms with van der Waals surface area (Å²) in [5.74, 6) is 0.539. The summed E-state index contributed by atoms with van der Waals surface area (Å²) < 4.78 is 5.52. The Morgan fingerprint density at radius 3 is 2.71 bits per heavy atom. The van der Waals surface area contributed by atoms with Gasteiger partial charge in [-0.2, -0.15) is 5.10 Å². The summed E-state index contributed by atoms with van der Waals surface area (Å²) in [5, 5.41) is 8.20. The molecule has 0 bridgehead atoms. The molecule has 7 nitrogen and oxygen atoms in total. The SMILES string of the molecule is CN1C(=O)CN(CC(=O)N2N=C(c3ccco3)CC2c2cccs2)C1c1ccccc1. The molecule has 2 atom stereocenters. The van der Waals surface area contributed by atoms with Gasteiger partial charge in [-0.1, -0.05) is 36.4 Å². The zero-order valence-corrected chi connectivity index (χ0v) is 17.9. The third-order valence-corrected chi connectivity index (χ3v) is 6.70. The van der Waals surface area contributed by atoms with E-state index in [1.165, 1.54) is 0 Å². The Bertz CT molecular complexity index is 1100. The molecule has 2 unspecified atom stereocenters. The lowest BCUT2D eigenvalue weighted by molar-refractivity contribution is -0.134. The summed E-state index contributed by atoms with van der Waals surface area (Å²) in [6.45, 7) is 0.306. The van der Waals surface area contributed by atoms with Crippen molar-refractivity contribution in [2.24, 2.45) is 5.10 Å². The first-order chi connectivity index (χ1) is 15.1. The number of thiophene rings is 1. The maximum absolute atomic E-state index is 13.4. The number of hydrazone groups is 1. The zero-order valence-electron chi connectivity index (χ0n) is 17.0. The molecule has 2 aliphatic heterocycles. The summed E-state index contributed by atoms with van der Waals surface area (Å²) >= 11 is 1.61. The molecule has 0 saturated carbocycles. The van der Waals surface area contributed by atoms with Gasteiger partial charge in [-0.15, -0.1) is 11.3 Å². The van der Waals surface area contributed by atoms with Crippen molar-refractivity contribution in [2.75, 3.05) is 20.1 Å². The van der Waals surface area contributed by atoms with Crippen molar-refractivity contribution in [1.82, 2.24) is 14.8 Å². The number of amides is 2. The van der Waals surface area contributed by atoms with Crippen molar-refractivity contribution in [3.05, 3.63) is 82.4 Å². The van der Waals surface area contributed by atoms with Crippen LogP contribution in [-0.4, -0.2) is 52.5 Å². The van der Waals surface area contributed by atoms with Crippen LogP contribution < -0.4 is 0 Å². The Morgan fingerprint density at radius 1 is 1.16 bits per heavy atom. The Labute approximate surface area is 184 Å². The summed E-state index contributed by atoms with van der Waals surface area (Å²) in [7, 11) is 1.78. The molecular formula is C23H22N4O3S. The van der Waals surface area contributed by atoms with E-state index in [-0.39, 0.29) is 37.1 Å². The number of hydrogen-bond acceptors (Lipinski definition) is 6. The van der Waals surface area contributed by atoms with Crippen LogP contribution in [0, 0.1) is 0 Å². The first-order valence-electron chi connectivity index (χ1n) is 10.1. The number of carbonyl (C=O) groups is 2. The second-order valence-electron chi connectivity index (χ2n) is 7.69. The van der Waals surface area contributed by atoms with Gasteiger partial charge in [-0.25, -0.2) is 5.01 Å². The first kappa shape index (κ1) is 19.7. The van der Waals surface area contributed by atoms with Gasteiger partial charge in [0.2, 0.25) is 5.91 Å². The summed E-state index contributed by atoms with van der Waals surface area (Å²) in [6, 6.07) is 17.3. The van der Waals surface area contributed by atoms with E-state index in [1.807, 2.05) is 64.9 Å². The van der Waals surface area contributed by atoms with E-state index in [4.69, 9.17) is 4.42 Å². The molecule has 1 saturated heterocycles. The number of rotatable bonds is 5. The van der Waals surface area contributed by atoms with E-state index in [0.29, 0.717) is 12.2 Å². The van der Waals surface area contributed by atoms with Crippen LogP contribution in [0.4, 0.5) is 0 Å². The fraction of sp³-hybridized carbons (Fsp3) is 0.261. The van der Waals surface area contributed by atoms with E-state index in [9.17, 15) is 9.59 Å². The molecule has 0 N–H and O–H groups in total. The van der Waals surface area contributed by atoms with Gasteiger partial charge in [-0.3, -0.25) is 14.5 Å². The third-order valence-electron chi connectivity index (χ3n) is 5.72. The highest BCUT2D eigenvalue weighted by Crippen LogP contribution is 2.36. The molecule has 1 fully saturated rings. The van der Waals surface area contributed by atoms with E-state index >= 15 is 0 Å². The Morgan fingerprint density at radius 2 is 2.00 bits per heavy atom. The second kappa shape index (κ2) is 8.13. The normalized spacial score (nSPS) is 21.7. The molecular weight excluding hydrogens is 412 g/mol. The average molecular weight is 435 g/mol. The summed E-state index contributed by atoms with van der Waals surface area (Å²) in [4.78, 5) is 30.6. The van der Waals surface area contributed by atoms with E-state index in [0.717, 1.165) is 16.2 Å². The molecule has 0 radical (unpaired) electrons. The number of nitrogens with zero attached hydrogens (tertiary/aromatic N) is 4. The van der Waals surface area contributed by atoms with Gasteiger partial charge >= 0.3 is 0 Å². The van der Waals surface area contributed by atoms with Gasteiger partial charge in [0.05, 0.1) is 25.4 Å². The zero-order chi connectivity index (χ0) is 21.4. The molecule has 8 heteroatoms. The van der Waals surface area contributed by atoms with Crippen LogP contribution >= 0.6 is 11.3 Å². The van der Waals surface area contributed by atoms with Crippen molar-refractivity contribution >= 4 is 28.9 Å². The van der Waals surface area contributed by atoms with Crippen molar-refractivity contribution < 1.29 is 14.0 Å². The predicted octanol–water partition coefficient (Wildman–Crippen LogP) is 3.49. The van der Waals surface area contributed by atoms with E-state index < -0.39 is 0 Å². The molecule has 1 aromatic carbocycles. The number of furan rings is 1. The first-order valence-corrected chi connectivity index (χ1v) is 11.0. The van der Waals surface area contributed by atoms with Gasteiger partial charge in [0.15, 0.2) is 0 Å². The highest BCUT2D eigenvalue weighted by Gasteiger charge is 2.40. The van der Waals surface area contributed by atoms with Crippen molar-refractivity contribution in [2.45, 2.75) is 18.6 Å². The van der Waals surface area contributed by atoms with Crippen molar-refractivity contribution in [1.29, 1.82) is 0 Å². The van der Waals surface area contributed by atoms with Crippen LogP contribution in [0.25, 0.3) is 0 Å². The predicted molar refractivity (Wildman–Crippen MR) is 117 cm³/mol. The molecule has 31 heavy (non-hydrogen) atoms. The van der Waals surface area contributed by atoms with Gasteiger partial charge in [0.1, 0.15) is 17.6 Å². The average Bonchev–Trinajstić information content (AvgIpc) is 3.57. The summed E-state index contributed by atoms with van der Waals surface area (Å²) in [6.07, 6.45) is 1.94. The lowest BCUT2D eigenvalue weighted by Crippen LogP contribution is -2.39. The van der Waals surface area contributed by atoms with Gasteiger partial charge in [-0.05, 0) is 29.1 Å². The van der Waals surface area contributed by atoms with Crippen molar-refractivity contribution in [3.8, 4) is 0 Å². The van der Waals surface area contributed by atoms with Crippen LogP contribution in [0.5, 0.6) is 0 Å². The van der Waals surface area contributed by atoms with Crippen LogP contribution in [0.2, 0.25) is 0 Å². The molecule has 5 rings (SSSR count). The Balaban J connectivity index is 1.41. The van der Waals surface area contributed by atoms with Crippen LogP contribution in [-0.2, 0) is 9.59 Å². The fourth-order valence-corrected chi connectivity index (χ4v) is 5.05. The van der Waals surface area contributed by atoms with Gasteiger partial charge < -0.3 is 9.32 Å². The molecule has 4 heterocycles. The molecule has 2 aromatic heterocycles. The monoisotopic (exact) mass is 434 g/mol. The molecule has 2 aliphatic rings. The van der Waals surface area contributed by atoms with Crippen LogP contribution in [0.15, 0.2) is 75.8 Å². The smallest absolute Gasteiger partial charge is 0.257 e. The van der Waals surface area contributed by atoms with Crippen LogP contribution in [0.3, 0.4) is 0 Å². The molecule has 2 amide bonds. The summed E-state index contributed by atoms with van der Waals surface area (Å²) in [5.41, 5.74) is 1.74. The molecule has 3 aromatic rings. The third kappa shape index (κ3) is 3.68. The minimum Gasteiger partial charge on any atom is -0.463 e. The highest BCUT2D eigenvalue weighted by atomic mass is 32.1. The minimum atomic E-state index is -0.269. The molecule has 0 spiro atoms. The second-order valence-corrected chi connectivity index (χ2v) is 8.67. The van der Waals surface area contributed by atoms with E-state index in [1.54, 1.807) is 34.6 Å². The number of hydrogen-bond donors (Lipinski definition) is 0. The van der Waals surface area contributed by atoms with Gasteiger partial charge in [0, 0.05) is 18.3 Å². The lowest BCUT2D eigenvalue weighted by Gasteiger charge is -2.29. The largest absolute Gasteiger partial charge is 0.463 e. The quantitative estimate of drug-likeness (QED) is 0.616. The topological polar surface area (TPSA) is 69.4 Å². The maximum atomic E-state index is 13.4. The van der Waals surface area contributed by atoms with Gasteiger partial charge in [0.25, 0.3) is 5.91 Å². The number of likely N-dealkylation sites (N-methyl/N-ethyl adjacent to an activating group) is 1. The lowest BCUT2D eigenvalue weighted by atomic mass is 10.1. The maximum Gasteiger partial charge on any atom is 0.257 e. The highest BCUT2D eigenvalue weighted by molar-refractivity contribution is 7.10. The standard InChI is InChI=1S/C23H22N4O3S/c1-25-21(28)14-26(23(25)16-7-3-2-4-8-16)15-22(29)27-18(20-10-6-12-31-20)13-17(24-27)19-9-5-11-30-19/h2-12,18,23H,13-15H2,1H3. The Kier molecular flexibility index (Phi) is 5.17. The number of benzene rings is 1. The van der Waals surface area contributed by atoms with E-state index in [2.05, 4.69) is 5.10 Å². The Hall–Kier alpha value is -3.23. The van der Waals surface area contributed by atoms with Crippen LogP contribution in [0.1, 0.15) is 34.8 Å². The number of carbonyl (C=O) groups excluding carboxylic acids is 2. The molecule has 0 aliphatic carbocycles. The molecule has 158 valence electrons. The fourth-order valence-electron chi connectivity index (χ4n) is 4.24. The van der Waals surface area contributed by atoms with Crippen molar-refractivity contribution in [3.63, 3.8) is 0 Å². The minimum absolute atomic E-state index is 0.00217.